The van der Waals surface area contributed by atoms with Gasteiger partial charge in [0.15, 0.2) is 0 Å². The summed E-state index contributed by atoms with van der Waals surface area (Å²) in [5, 5.41) is 1.08. The van der Waals surface area contributed by atoms with E-state index < -0.39 is 0 Å². The fourth-order valence-electron chi connectivity index (χ4n) is 3.61. The molecule has 1 rings (SSSR count). The van der Waals surface area contributed by atoms with Gasteiger partial charge >= 0.3 is 0 Å². The summed E-state index contributed by atoms with van der Waals surface area (Å²) >= 11 is 3.50. The Balaban J connectivity index is 2.32. The van der Waals surface area contributed by atoms with Crippen LogP contribution in [0.1, 0.15) is 96.8 Å². The number of hydrogen-bond acceptors (Lipinski definition) is 1. The van der Waals surface area contributed by atoms with Gasteiger partial charge in [0.1, 0.15) is 0 Å². The van der Waals surface area contributed by atoms with Gasteiger partial charge in [-0.3, -0.25) is 4.79 Å². The Labute approximate surface area is 152 Å². The third-order valence-corrected chi connectivity index (χ3v) is 5.69. The van der Waals surface area contributed by atoms with Crippen molar-refractivity contribution >= 4 is 21.8 Å². The first kappa shape index (κ1) is 21.0. The van der Waals surface area contributed by atoms with Crippen LogP contribution in [0.25, 0.3) is 0 Å². The van der Waals surface area contributed by atoms with E-state index in [2.05, 4.69) is 27.8 Å². The number of rotatable bonds is 13. The van der Waals surface area contributed by atoms with Crippen molar-refractivity contribution in [2.24, 2.45) is 5.92 Å². The lowest BCUT2D eigenvalue weighted by molar-refractivity contribution is -0.132. The monoisotopic (exact) mass is 387 g/mol. The molecule has 136 valence electrons. The molecule has 0 aromatic carbocycles. The van der Waals surface area contributed by atoms with Crippen LogP contribution in [0.5, 0.6) is 0 Å². The molecule has 1 saturated carbocycles. The second-order valence-corrected chi connectivity index (χ2v) is 8.05. The summed E-state index contributed by atoms with van der Waals surface area (Å²) in [4.78, 5) is 14.9. The standard InChI is InChI=1S/C20H38BrNO/c1-2-3-4-5-11-16-22(17-12-7-10-15-21)20(23)18-19-13-8-6-9-14-19/h19H,2-18H2,1H3. The lowest BCUT2D eigenvalue weighted by atomic mass is 9.86. The molecule has 0 aliphatic heterocycles. The van der Waals surface area contributed by atoms with Crippen molar-refractivity contribution in [1.82, 2.24) is 4.90 Å². The smallest absolute Gasteiger partial charge is 0.222 e. The first-order valence-electron chi connectivity index (χ1n) is 10.1. The number of alkyl halides is 1. The number of carbonyl (C=O) groups is 1. The molecule has 23 heavy (non-hydrogen) atoms. The van der Waals surface area contributed by atoms with Crippen molar-refractivity contribution in [2.45, 2.75) is 96.8 Å². The topological polar surface area (TPSA) is 20.3 Å². The van der Waals surface area contributed by atoms with Crippen LogP contribution in [-0.4, -0.2) is 29.2 Å². The number of carbonyl (C=O) groups excluding carboxylic acids is 1. The number of unbranched alkanes of at least 4 members (excludes halogenated alkanes) is 6. The van der Waals surface area contributed by atoms with Gasteiger partial charge in [-0.15, -0.1) is 0 Å². The predicted molar refractivity (Wildman–Crippen MR) is 104 cm³/mol. The third kappa shape index (κ3) is 10.4. The lowest BCUT2D eigenvalue weighted by Gasteiger charge is -2.27. The summed E-state index contributed by atoms with van der Waals surface area (Å²) in [5.41, 5.74) is 0. The lowest BCUT2D eigenvalue weighted by Crippen LogP contribution is -2.34. The highest BCUT2D eigenvalue weighted by molar-refractivity contribution is 9.09. The van der Waals surface area contributed by atoms with Gasteiger partial charge in [-0.05, 0) is 38.0 Å². The van der Waals surface area contributed by atoms with Crippen LogP contribution < -0.4 is 0 Å². The molecule has 0 N–H and O–H groups in total. The molecule has 0 aromatic heterocycles. The fourth-order valence-corrected chi connectivity index (χ4v) is 4.01. The van der Waals surface area contributed by atoms with E-state index in [-0.39, 0.29) is 0 Å². The molecular weight excluding hydrogens is 350 g/mol. The van der Waals surface area contributed by atoms with Crippen LogP contribution in [0.2, 0.25) is 0 Å². The Morgan fingerprint density at radius 1 is 0.913 bits per heavy atom. The van der Waals surface area contributed by atoms with Gasteiger partial charge in [0.2, 0.25) is 5.91 Å². The Hall–Kier alpha value is -0.0500. The van der Waals surface area contributed by atoms with Crippen LogP contribution >= 0.6 is 15.9 Å². The molecule has 0 atom stereocenters. The van der Waals surface area contributed by atoms with E-state index in [0.717, 1.165) is 31.3 Å². The minimum absolute atomic E-state index is 0.436. The van der Waals surface area contributed by atoms with Crippen molar-refractivity contribution in [3.8, 4) is 0 Å². The quantitative estimate of drug-likeness (QED) is 0.267. The van der Waals surface area contributed by atoms with Crippen LogP contribution in [0, 0.1) is 5.92 Å². The molecule has 0 spiro atoms. The molecule has 0 bridgehead atoms. The summed E-state index contributed by atoms with van der Waals surface area (Å²) in [6.45, 7) is 4.22. The Morgan fingerprint density at radius 3 is 2.13 bits per heavy atom. The number of hydrogen-bond donors (Lipinski definition) is 0. The van der Waals surface area contributed by atoms with Crippen LogP contribution in [0.4, 0.5) is 0 Å². The molecule has 0 radical (unpaired) electrons. The largest absolute Gasteiger partial charge is 0.343 e. The van der Waals surface area contributed by atoms with E-state index >= 15 is 0 Å². The molecule has 2 nitrogen and oxygen atoms in total. The van der Waals surface area contributed by atoms with Crippen molar-refractivity contribution < 1.29 is 4.79 Å². The van der Waals surface area contributed by atoms with Crippen LogP contribution in [0.15, 0.2) is 0 Å². The van der Waals surface area contributed by atoms with Crippen molar-refractivity contribution in [2.75, 3.05) is 18.4 Å². The van der Waals surface area contributed by atoms with E-state index in [9.17, 15) is 4.79 Å². The molecule has 1 aliphatic carbocycles. The molecule has 0 unspecified atom stereocenters. The maximum Gasteiger partial charge on any atom is 0.222 e. The minimum Gasteiger partial charge on any atom is -0.343 e. The molecule has 0 heterocycles. The van der Waals surface area contributed by atoms with Crippen LogP contribution in [-0.2, 0) is 4.79 Å². The first-order chi connectivity index (χ1) is 11.3. The van der Waals surface area contributed by atoms with Gasteiger partial charge < -0.3 is 4.90 Å². The average molecular weight is 388 g/mol. The number of amides is 1. The molecule has 0 saturated heterocycles. The van der Waals surface area contributed by atoms with Gasteiger partial charge in [0.05, 0.1) is 0 Å². The Morgan fingerprint density at radius 2 is 1.52 bits per heavy atom. The predicted octanol–water partition coefficient (Wildman–Crippen LogP) is 6.32. The van der Waals surface area contributed by atoms with E-state index in [4.69, 9.17) is 0 Å². The van der Waals surface area contributed by atoms with Gasteiger partial charge in [0, 0.05) is 24.8 Å². The Bertz CT molecular complexity index is 289. The molecule has 1 aliphatic rings. The van der Waals surface area contributed by atoms with E-state index in [1.54, 1.807) is 0 Å². The highest BCUT2D eigenvalue weighted by Gasteiger charge is 2.20. The summed E-state index contributed by atoms with van der Waals surface area (Å²) in [6, 6.07) is 0. The fraction of sp³-hybridized carbons (Fsp3) is 0.950. The molecule has 1 fully saturated rings. The van der Waals surface area contributed by atoms with Crippen molar-refractivity contribution in [3.63, 3.8) is 0 Å². The maximum atomic E-state index is 12.7. The summed E-state index contributed by atoms with van der Waals surface area (Å²) in [5.74, 6) is 1.10. The first-order valence-corrected chi connectivity index (χ1v) is 11.2. The summed E-state index contributed by atoms with van der Waals surface area (Å²) in [6.07, 6.45) is 17.4. The normalized spacial score (nSPS) is 15.7. The molecule has 3 heteroatoms. The highest BCUT2D eigenvalue weighted by atomic mass is 79.9. The second kappa shape index (κ2) is 14.3. The molecular formula is C20H38BrNO. The van der Waals surface area contributed by atoms with Crippen molar-refractivity contribution in [1.29, 1.82) is 0 Å². The van der Waals surface area contributed by atoms with Crippen molar-refractivity contribution in [3.05, 3.63) is 0 Å². The number of halogens is 1. The van der Waals surface area contributed by atoms with E-state index in [1.807, 2.05) is 0 Å². The minimum atomic E-state index is 0.436. The highest BCUT2D eigenvalue weighted by Crippen LogP contribution is 2.27. The summed E-state index contributed by atoms with van der Waals surface area (Å²) < 4.78 is 0. The second-order valence-electron chi connectivity index (χ2n) is 7.25. The van der Waals surface area contributed by atoms with Gasteiger partial charge in [0.25, 0.3) is 0 Å². The van der Waals surface area contributed by atoms with E-state index in [1.165, 1.54) is 77.0 Å². The Kier molecular flexibility index (Phi) is 13.1. The summed E-state index contributed by atoms with van der Waals surface area (Å²) in [7, 11) is 0. The zero-order valence-corrected chi connectivity index (χ0v) is 16.9. The van der Waals surface area contributed by atoms with Gasteiger partial charge in [-0.25, -0.2) is 0 Å². The zero-order chi connectivity index (χ0) is 16.8. The SMILES string of the molecule is CCCCCCCN(CCCCCBr)C(=O)CC1CCCCC1. The number of nitrogens with zero attached hydrogens (tertiary/aromatic N) is 1. The van der Waals surface area contributed by atoms with E-state index in [0.29, 0.717) is 11.8 Å². The van der Waals surface area contributed by atoms with Gasteiger partial charge in [-0.1, -0.05) is 74.2 Å². The average Bonchev–Trinajstić information content (AvgIpc) is 2.57. The molecule has 1 amide bonds. The zero-order valence-electron chi connectivity index (χ0n) is 15.3. The van der Waals surface area contributed by atoms with Crippen LogP contribution in [0.3, 0.4) is 0 Å². The van der Waals surface area contributed by atoms with Gasteiger partial charge in [-0.2, -0.15) is 0 Å². The maximum absolute atomic E-state index is 12.7. The molecule has 0 aromatic rings. The third-order valence-electron chi connectivity index (χ3n) is 5.13.